The van der Waals surface area contributed by atoms with Crippen LogP contribution in [0.2, 0.25) is 0 Å². The van der Waals surface area contributed by atoms with Gasteiger partial charge in [0.2, 0.25) is 11.8 Å². The van der Waals surface area contributed by atoms with Crippen LogP contribution in [0.25, 0.3) is 33.4 Å². The van der Waals surface area contributed by atoms with Crippen molar-refractivity contribution >= 4 is 22.8 Å². The Balaban J connectivity index is 1.81. The highest BCUT2D eigenvalue weighted by Gasteiger charge is 2.13. The van der Waals surface area contributed by atoms with Crippen LogP contribution in [0.4, 0.5) is 5.82 Å². The van der Waals surface area contributed by atoms with Crippen LogP contribution in [0.3, 0.4) is 0 Å². The first-order chi connectivity index (χ1) is 14.6. The van der Waals surface area contributed by atoms with Crippen LogP contribution in [-0.2, 0) is 11.2 Å². The van der Waals surface area contributed by atoms with E-state index in [0.29, 0.717) is 11.7 Å². The molecule has 4 rings (SSSR count). The Morgan fingerprint density at radius 3 is 2.83 bits per heavy atom. The molecule has 0 unspecified atom stereocenters. The summed E-state index contributed by atoms with van der Waals surface area (Å²) in [5.74, 6) is 0.398. The highest BCUT2D eigenvalue weighted by Crippen LogP contribution is 2.32. The molecule has 1 amide bonds. The van der Waals surface area contributed by atoms with E-state index >= 15 is 0 Å². The number of H-pyrrole nitrogens is 1. The van der Waals surface area contributed by atoms with Gasteiger partial charge >= 0.3 is 0 Å². The Morgan fingerprint density at radius 2 is 2.07 bits per heavy atom. The summed E-state index contributed by atoms with van der Waals surface area (Å²) in [4.78, 5) is 32.4. The Morgan fingerprint density at radius 1 is 1.20 bits per heavy atom. The van der Waals surface area contributed by atoms with Crippen molar-refractivity contribution in [1.29, 1.82) is 0 Å². The Labute approximate surface area is 173 Å². The predicted molar refractivity (Wildman–Crippen MR) is 115 cm³/mol. The largest absolute Gasteiger partial charge is 0.481 e. The maximum absolute atomic E-state index is 11.7. The van der Waals surface area contributed by atoms with Gasteiger partial charge in [-0.05, 0) is 36.3 Å². The fourth-order valence-corrected chi connectivity index (χ4v) is 3.13. The standard InChI is InChI=1S/C22H20N6O2/c1-4-15-9-18(26-12-25-15)17-11-24-22-16(17)6-14(10-23-22)13-7-19(27-20(29)5-2)28-21(8-13)30-3/h5-12H,2,4H2,1,3H3,(H,23,24)(H,27,28,29). The lowest BCUT2D eigenvalue weighted by Gasteiger charge is -2.09. The summed E-state index contributed by atoms with van der Waals surface area (Å²) in [5.41, 5.74) is 5.16. The number of rotatable bonds is 6. The van der Waals surface area contributed by atoms with E-state index in [1.807, 2.05) is 18.3 Å². The van der Waals surface area contributed by atoms with Gasteiger partial charge in [0.05, 0.1) is 12.8 Å². The second kappa shape index (κ2) is 8.12. The molecule has 0 bridgehead atoms. The zero-order chi connectivity index (χ0) is 21.1. The number of pyridine rings is 2. The van der Waals surface area contributed by atoms with Crippen molar-refractivity contribution in [1.82, 2.24) is 24.9 Å². The second-order valence-corrected chi connectivity index (χ2v) is 6.55. The molecule has 0 radical (unpaired) electrons. The van der Waals surface area contributed by atoms with Gasteiger partial charge in [-0.25, -0.2) is 15.0 Å². The number of aromatic amines is 1. The first kappa shape index (κ1) is 19.3. The quantitative estimate of drug-likeness (QED) is 0.477. The lowest BCUT2D eigenvalue weighted by atomic mass is 10.0. The number of hydrogen-bond acceptors (Lipinski definition) is 6. The molecular formula is C22H20N6O2. The normalized spacial score (nSPS) is 10.7. The van der Waals surface area contributed by atoms with E-state index in [9.17, 15) is 4.79 Å². The summed E-state index contributed by atoms with van der Waals surface area (Å²) in [6.07, 6.45) is 7.25. The molecule has 0 saturated carbocycles. The topological polar surface area (TPSA) is 106 Å². The van der Waals surface area contributed by atoms with Gasteiger partial charge in [0.15, 0.2) is 0 Å². The minimum Gasteiger partial charge on any atom is -0.481 e. The van der Waals surface area contributed by atoms with Crippen LogP contribution in [-0.4, -0.2) is 37.9 Å². The van der Waals surface area contributed by atoms with Gasteiger partial charge in [-0.2, -0.15) is 4.98 Å². The third-order valence-corrected chi connectivity index (χ3v) is 4.67. The molecule has 2 N–H and O–H groups in total. The summed E-state index contributed by atoms with van der Waals surface area (Å²) in [5, 5.41) is 3.60. The zero-order valence-corrected chi connectivity index (χ0v) is 16.6. The average molecular weight is 400 g/mol. The first-order valence-electron chi connectivity index (χ1n) is 9.39. The molecule has 0 spiro atoms. The number of fused-ring (bicyclic) bond motifs is 1. The smallest absolute Gasteiger partial charge is 0.248 e. The SMILES string of the molecule is C=CC(=O)Nc1cc(-c2cnc3[nH]cc(-c4cc(CC)ncn4)c3c2)cc(OC)n1. The van der Waals surface area contributed by atoms with Gasteiger partial charge < -0.3 is 15.0 Å². The van der Waals surface area contributed by atoms with E-state index in [0.717, 1.165) is 45.5 Å². The van der Waals surface area contributed by atoms with E-state index in [1.165, 1.54) is 13.2 Å². The highest BCUT2D eigenvalue weighted by atomic mass is 16.5. The fourth-order valence-electron chi connectivity index (χ4n) is 3.13. The van der Waals surface area contributed by atoms with Crippen LogP contribution < -0.4 is 10.1 Å². The first-order valence-corrected chi connectivity index (χ1v) is 9.39. The molecule has 0 aliphatic heterocycles. The third-order valence-electron chi connectivity index (χ3n) is 4.67. The zero-order valence-electron chi connectivity index (χ0n) is 16.6. The van der Waals surface area contributed by atoms with Gasteiger partial charge in [-0.3, -0.25) is 4.79 Å². The fraction of sp³-hybridized carbons (Fsp3) is 0.136. The van der Waals surface area contributed by atoms with Crippen molar-refractivity contribution < 1.29 is 9.53 Å². The predicted octanol–water partition coefficient (Wildman–Crippen LogP) is 3.78. The third kappa shape index (κ3) is 3.75. The maximum atomic E-state index is 11.7. The van der Waals surface area contributed by atoms with Gasteiger partial charge in [-0.15, -0.1) is 0 Å². The Bertz CT molecular complexity index is 1250. The van der Waals surface area contributed by atoms with Crippen molar-refractivity contribution in [2.24, 2.45) is 0 Å². The lowest BCUT2D eigenvalue weighted by molar-refractivity contribution is -0.111. The van der Waals surface area contributed by atoms with Crippen molar-refractivity contribution in [2.75, 3.05) is 12.4 Å². The van der Waals surface area contributed by atoms with Crippen LogP contribution in [0.5, 0.6) is 5.88 Å². The molecule has 0 aromatic carbocycles. The van der Waals surface area contributed by atoms with E-state index < -0.39 is 0 Å². The number of ether oxygens (including phenoxy) is 1. The number of carbonyl (C=O) groups excluding carboxylic acids is 1. The minimum atomic E-state index is -0.348. The monoisotopic (exact) mass is 400 g/mol. The Hall–Kier alpha value is -4.07. The molecule has 150 valence electrons. The lowest BCUT2D eigenvalue weighted by Crippen LogP contribution is -2.09. The van der Waals surface area contributed by atoms with Gasteiger partial charge in [0.25, 0.3) is 0 Å². The number of nitrogens with one attached hydrogen (secondary N) is 2. The summed E-state index contributed by atoms with van der Waals surface area (Å²) < 4.78 is 5.29. The maximum Gasteiger partial charge on any atom is 0.248 e. The molecule has 8 nitrogen and oxygen atoms in total. The minimum absolute atomic E-state index is 0.348. The number of aromatic nitrogens is 5. The molecule has 0 aliphatic carbocycles. The van der Waals surface area contributed by atoms with Crippen molar-refractivity contribution in [3.63, 3.8) is 0 Å². The number of hydrogen-bond donors (Lipinski definition) is 2. The molecule has 4 aromatic rings. The molecule has 0 aliphatic rings. The Kier molecular flexibility index (Phi) is 5.21. The van der Waals surface area contributed by atoms with Crippen molar-refractivity contribution in [3.05, 3.63) is 61.3 Å². The van der Waals surface area contributed by atoms with Crippen LogP contribution in [0, 0.1) is 0 Å². The average Bonchev–Trinajstić information content (AvgIpc) is 3.22. The van der Waals surface area contributed by atoms with Crippen molar-refractivity contribution in [2.45, 2.75) is 13.3 Å². The molecule has 8 heteroatoms. The van der Waals surface area contributed by atoms with E-state index in [-0.39, 0.29) is 5.91 Å². The number of methoxy groups -OCH3 is 1. The van der Waals surface area contributed by atoms with Crippen LogP contribution >= 0.6 is 0 Å². The molecule has 0 atom stereocenters. The van der Waals surface area contributed by atoms with Crippen molar-refractivity contribution in [3.8, 4) is 28.3 Å². The summed E-state index contributed by atoms with van der Waals surface area (Å²) >= 11 is 0. The number of nitrogens with zero attached hydrogens (tertiary/aromatic N) is 4. The summed E-state index contributed by atoms with van der Waals surface area (Å²) in [7, 11) is 1.53. The van der Waals surface area contributed by atoms with Crippen LogP contribution in [0.15, 0.2) is 55.6 Å². The molecule has 4 heterocycles. The van der Waals surface area contributed by atoms with E-state index in [2.05, 4.69) is 43.7 Å². The van der Waals surface area contributed by atoms with Gasteiger partial charge in [0.1, 0.15) is 17.8 Å². The van der Waals surface area contributed by atoms with E-state index in [4.69, 9.17) is 4.74 Å². The molecule has 0 saturated heterocycles. The summed E-state index contributed by atoms with van der Waals surface area (Å²) in [6.45, 7) is 5.52. The number of aryl methyl sites for hydroxylation is 1. The number of amides is 1. The molecular weight excluding hydrogens is 380 g/mol. The molecule has 0 fully saturated rings. The molecule has 4 aromatic heterocycles. The highest BCUT2D eigenvalue weighted by molar-refractivity contribution is 5.99. The van der Waals surface area contributed by atoms with Gasteiger partial charge in [0, 0.05) is 40.7 Å². The van der Waals surface area contributed by atoms with E-state index in [1.54, 1.807) is 24.7 Å². The molecule has 30 heavy (non-hydrogen) atoms. The second-order valence-electron chi connectivity index (χ2n) is 6.55. The summed E-state index contributed by atoms with van der Waals surface area (Å²) in [6, 6.07) is 7.56. The van der Waals surface area contributed by atoms with Gasteiger partial charge in [-0.1, -0.05) is 13.5 Å². The number of anilines is 1. The number of carbonyl (C=O) groups is 1. The van der Waals surface area contributed by atoms with Crippen LogP contribution in [0.1, 0.15) is 12.6 Å².